The standard InChI is InChI=1S/C13H16O4/c1-9-6-4-5-7-10(9)8-11(12(14)16-2)13(15)17-3/h4-7,11H,8H2,1-3H3. The molecule has 1 aromatic rings. The van der Waals surface area contributed by atoms with Gasteiger partial charge < -0.3 is 9.47 Å². The van der Waals surface area contributed by atoms with Crippen LogP contribution in [0.1, 0.15) is 11.1 Å². The van der Waals surface area contributed by atoms with E-state index in [-0.39, 0.29) is 0 Å². The van der Waals surface area contributed by atoms with Crippen LogP contribution in [-0.4, -0.2) is 26.2 Å². The molecule has 0 saturated carbocycles. The second kappa shape index (κ2) is 6.03. The summed E-state index contributed by atoms with van der Waals surface area (Å²) in [5, 5.41) is 0. The zero-order chi connectivity index (χ0) is 12.8. The van der Waals surface area contributed by atoms with E-state index in [2.05, 4.69) is 9.47 Å². The largest absolute Gasteiger partial charge is 0.468 e. The second-order valence-electron chi connectivity index (χ2n) is 3.73. The summed E-state index contributed by atoms with van der Waals surface area (Å²) in [5.41, 5.74) is 1.97. The van der Waals surface area contributed by atoms with Crippen molar-refractivity contribution < 1.29 is 19.1 Å². The minimum atomic E-state index is -0.897. The van der Waals surface area contributed by atoms with E-state index in [1.807, 2.05) is 31.2 Å². The average molecular weight is 236 g/mol. The van der Waals surface area contributed by atoms with Crippen LogP contribution >= 0.6 is 0 Å². The summed E-state index contributed by atoms with van der Waals surface area (Å²) in [7, 11) is 2.52. The third-order valence-corrected chi connectivity index (χ3v) is 2.66. The van der Waals surface area contributed by atoms with Crippen LogP contribution in [0, 0.1) is 12.8 Å². The molecule has 1 rings (SSSR count). The number of rotatable bonds is 4. The number of ether oxygens (including phenoxy) is 2. The molecule has 0 saturated heterocycles. The molecule has 0 unspecified atom stereocenters. The number of hydrogen-bond acceptors (Lipinski definition) is 4. The monoisotopic (exact) mass is 236 g/mol. The highest BCUT2D eigenvalue weighted by molar-refractivity contribution is 5.95. The molecule has 0 atom stereocenters. The summed E-state index contributed by atoms with van der Waals surface area (Å²) < 4.78 is 9.22. The quantitative estimate of drug-likeness (QED) is 0.587. The smallest absolute Gasteiger partial charge is 0.320 e. The summed E-state index contributed by atoms with van der Waals surface area (Å²) in [6.07, 6.45) is 0.298. The van der Waals surface area contributed by atoms with E-state index in [4.69, 9.17) is 0 Å². The van der Waals surface area contributed by atoms with Gasteiger partial charge in [-0.15, -0.1) is 0 Å². The molecule has 4 heteroatoms. The maximum absolute atomic E-state index is 11.5. The van der Waals surface area contributed by atoms with Crippen molar-refractivity contribution in [2.75, 3.05) is 14.2 Å². The van der Waals surface area contributed by atoms with E-state index in [1.165, 1.54) is 14.2 Å². The van der Waals surface area contributed by atoms with E-state index in [1.54, 1.807) is 0 Å². The molecular weight excluding hydrogens is 220 g/mol. The lowest BCUT2D eigenvalue weighted by Gasteiger charge is -2.13. The van der Waals surface area contributed by atoms with Gasteiger partial charge in [-0.1, -0.05) is 24.3 Å². The van der Waals surface area contributed by atoms with Gasteiger partial charge >= 0.3 is 11.9 Å². The molecule has 17 heavy (non-hydrogen) atoms. The molecule has 92 valence electrons. The van der Waals surface area contributed by atoms with Crippen LogP contribution in [0.4, 0.5) is 0 Å². The van der Waals surface area contributed by atoms with E-state index in [0.29, 0.717) is 6.42 Å². The fourth-order valence-electron chi connectivity index (χ4n) is 1.61. The molecule has 4 nitrogen and oxygen atoms in total. The fourth-order valence-corrected chi connectivity index (χ4v) is 1.61. The molecule has 0 bridgehead atoms. The van der Waals surface area contributed by atoms with Crippen molar-refractivity contribution in [2.45, 2.75) is 13.3 Å². The number of carbonyl (C=O) groups excluding carboxylic acids is 2. The summed E-state index contributed by atoms with van der Waals surface area (Å²) in [6.45, 7) is 1.93. The van der Waals surface area contributed by atoms with Gasteiger partial charge in [0.2, 0.25) is 0 Å². The Hall–Kier alpha value is -1.84. The summed E-state index contributed by atoms with van der Waals surface area (Å²) in [4.78, 5) is 23.0. The van der Waals surface area contributed by atoms with Crippen LogP contribution in [0.3, 0.4) is 0 Å². The summed E-state index contributed by atoms with van der Waals surface area (Å²) in [6, 6.07) is 7.59. The van der Waals surface area contributed by atoms with Gasteiger partial charge in [0.05, 0.1) is 14.2 Å². The number of esters is 2. The van der Waals surface area contributed by atoms with Crippen LogP contribution in [0.5, 0.6) is 0 Å². The van der Waals surface area contributed by atoms with E-state index < -0.39 is 17.9 Å². The van der Waals surface area contributed by atoms with Crippen LogP contribution in [0.15, 0.2) is 24.3 Å². The minimum absolute atomic E-state index is 0.298. The van der Waals surface area contributed by atoms with Crippen LogP contribution in [0.2, 0.25) is 0 Å². The zero-order valence-corrected chi connectivity index (χ0v) is 10.2. The van der Waals surface area contributed by atoms with Crippen LogP contribution in [-0.2, 0) is 25.5 Å². The van der Waals surface area contributed by atoms with Crippen LogP contribution in [0.25, 0.3) is 0 Å². The van der Waals surface area contributed by atoms with Gasteiger partial charge in [-0.05, 0) is 24.5 Å². The molecule has 0 aliphatic rings. The number of benzene rings is 1. The normalized spacial score (nSPS) is 10.1. The van der Waals surface area contributed by atoms with Gasteiger partial charge in [0.1, 0.15) is 0 Å². The molecule has 0 radical (unpaired) electrons. The minimum Gasteiger partial charge on any atom is -0.468 e. The highest BCUT2D eigenvalue weighted by Gasteiger charge is 2.29. The lowest BCUT2D eigenvalue weighted by Crippen LogP contribution is -2.28. The molecule has 0 amide bonds. The van der Waals surface area contributed by atoms with E-state index >= 15 is 0 Å². The number of carbonyl (C=O) groups is 2. The van der Waals surface area contributed by atoms with E-state index in [9.17, 15) is 9.59 Å². The van der Waals surface area contributed by atoms with Crippen molar-refractivity contribution in [3.8, 4) is 0 Å². The van der Waals surface area contributed by atoms with Gasteiger partial charge in [-0.2, -0.15) is 0 Å². The van der Waals surface area contributed by atoms with Crippen molar-refractivity contribution in [1.82, 2.24) is 0 Å². The Bertz CT molecular complexity index is 396. The molecule has 1 aromatic carbocycles. The number of methoxy groups -OCH3 is 2. The van der Waals surface area contributed by atoms with Gasteiger partial charge in [0.25, 0.3) is 0 Å². The predicted molar refractivity (Wildman–Crippen MR) is 62.4 cm³/mol. The number of hydrogen-bond donors (Lipinski definition) is 0. The average Bonchev–Trinajstić information content (AvgIpc) is 2.36. The molecule has 0 aliphatic heterocycles. The predicted octanol–water partition coefficient (Wildman–Crippen LogP) is 1.50. The van der Waals surface area contributed by atoms with Gasteiger partial charge in [-0.3, -0.25) is 9.59 Å². The van der Waals surface area contributed by atoms with Crippen molar-refractivity contribution >= 4 is 11.9 Å². The Kier molecular flexibility index (Phi) is 4.69. The Balaban J connectivity index is 2.91. The molecular formula is C13H16O4. The van der Waals surface area contributed by atoms with E-state index in [0.717, 1.165) is 11.1 Å². The Morgan fingerprint density at radius 2 is 1.65 bits per heavy atom. The molecule has 0 aromatic heterocycles. The first-order valence-electron chi connectivity index (χ1n) is 5.30. The van der Waals surface area contributed by atoms with Crippen LogP contribution < -0.4 is 0 Å². The maximum atomic E-state index is 11.5. The first kappa shape index (κ1) is 13.2. The highest BCUT2D eigenvalue weighted by atomic mass is 16.5. The summed E-state index contributed by atoms with van der Waals surface area (Å²) in [5.74, 6) is -2.04. The second-order valence-corrected chi connectivity index (χ2v) is 3.73. The van der Waals surface area contributed by atoms with Crippen molar-refractivity contribution in [3.05, 3.63) is 35.4 Å². The van der Waals surface area contributed by atoms with Gasteiger partial charge in [0.15, 0.2) is 5.92 Å². The zero-order valence-electron chi connectivity index (χ0n) is 10.2. The van der Waals surface area contributed by atoms with Crippen molar-refractivity contribution in [3.63, 3.8) is 0 Å². The van der Waals surface area contributed by atoms with Gasteiger partial charge in [0, 0.05) is 0 Å². The Labute approximate surface area is 101 Å². The topological polar surface area (TPSA) is 52.6 Å². The first-order chi connectivity index (χ1) is 8.10. The third-order valence-electron chi connectivity index (χ3n) is 2.66. The molecule has 0 aliphatic carbocycles. The lowest BCUT2D eigenvalue weighted by molar-refractivity contribution is -0.158. The van der Waals surface area contributed by atoms with Crippen molar-refractivity contribution in [2.24, 2.45) is 5.92 Å². The molecule has 0 spiro atoms. The van der Waals surface area contributed by atoms with Crippen molar-refractivity contribution in [1.29, 1.82) is 0 Å². The highest BCUT2D eigenvalue weighted by Crippen LogP contribution is 2.15. The number of aryl methyl sites for hydroxylation is 1. The first-order valence-corrected chi connectivity index (χ1v) is 5.30. The van der Waals surface area contributed by atoms with Gasteiger partial charge in [-0.25, -0.2) is 0 Å². The molecule has 0 fully saturated rings. The maximum Gasteiger partial charge on any atom is 0.320 e. The SMILES string of the molecule is COC(=O)C(Cc1ccccc1C)C(=O)OC. The third kappa shape index (κ3) is 3.31. The lowest BCUT2D eigenvalue weighted by atomic mass is 9.96. The molecule has 0 N–H and O–H groups in total. The Morgan fingerprint density at radius 1 is 1.12 bits per heavy atom. The Morgan fingerprint density at radius 3 is 2.12 bits per heavy atom. The molecule has 0 heterocycles. The fraction of sp³-hybridized carbons (Fsp3) is 0.385. The summed E-state index contributed by atoms with van der Waals surface area (Å²) >= 11 is 0.